The predicted molar refractivity (Wildman–Crippen MR) is 215 cm³/mol. The molecule has 0 bridgehead atoms. The number of aliphatic hydroxyl groups excluding tert-OH is 1. The van der Waals surface area contributed by atoms with Crippen LogP contribution in [0.1, 0.15) is 65.8 Å². The quantitative estimate of drug-likeness (QED) is 0.0600. The maximum absolute atomic E-state index is 14.0. The second kappa shape index (κ2) is 23.4. The fraction of sp³-hybridized carbons (Fsp3) is 0.432. The van der Waals surface area contributed by atoms with E-state index in [9.17, 15) is 14.4 Å². The molecular formula is C44H53N3O10. The van der Waals surface area contributed by atoms with Crippen molar-refractivity contribution < 1.29 is 47.9 Å². The van der Waals surface area contributed by atoms with Crippen LogP contribution in [0.15, 0.2) is 60.7 Å². The van der Waals surface area contributed by atoms with Crippen molar-refractivity contribution in [1.82, 2.24) is 16.0 Å². The summed E-state index contributed by atoms with van der Waals surface area (Å²) in [6.45, 7) is 8.86. The fourth-order valence-electron chi connectivity index (χ4n) is 6.42. The van der Waals surface area contributed by atoms with E-state index in [2.05, 4.69) is 39.9 Å². The standard InChI is InChI=1S/C44H53N3O10/c1-3-5-32-14-15-40(57-27-26-56-25-24-55-23-22-54-21-20-53-19-18-52-17-16-48)41(31(32)2)42(49)34-9-11-35(12-10-34)43(50)46-38-29-45-30-39(38)47-44(51)37-13-8-33-6-4-7-36(33)28-37/h4,6,8-15,28,38-39,45,48H,7,16-27,29-30H2,1-2H3,(H,46,50)(H,47,51)/t38-,39-/m1/s1. The molecule has 1 heterocycles. The number of hydrogen-bond donors (Lipinski definition) is 4. The molecule has 2 atom stereocenters. The third-order valence-electron chi connectivity index (χ3n) is 9.42. The zero-order chi connectivity index (χ0) is 40.2. The van der Waals surface area contributed by atoms with E-state index in [1.165, 1.54) is 0 Å². The fourth-order valence-corrected chi connectivity index (χ4v) is 6.42. The molecule has 1 fully saturated rings. The maximum atomic E-state index is 14.0. The number of ketones is 1. The molecule has 13 heteroatoms. The molecule has 4 N–H and O–H groups in total. The van der Waals surface area contributed by atoms with Gasteiger partial charge in [0.25, 0.3) is 11.8 Å². The minimum atomic E-state index is -0.313. The zero-order valence-electron chi connectivity index (χ0n) is 32.7. The first-order valence-electron chi connectivity index (χ1n) is 19.3. The summed E-state index contributed by atoms with van der Waals surface area (Å²) in [7, 11) is 0. The van der Waals surface area contributed by atoms with Crippen LogP contribution in [-0.4, -0.2) is 127 Å². The van der Waals surface area contributed by atoms with Gasteiger partial charge in [0.15, 0.2) is 5.78 Å². The Morgan fingerprint density at radius 1 is 0.719 bits per heavy atom. The summed E-state index contributed by atoms with van der Waals surface area (Å²) in [5.74, 6) is 5.64. The number of benzene rings is 3. The van der Waals surface area contributed by atoms with Crippen molar-refractivity contribution in [3.63, 3.8) is 0 Å². The molecule has 3 aromatic rings. The number of ether oxygens (including phenoxy) is 6. The summed E-state index contributed by atoms with van der Waals surface area (Å²) in [6.07, 6.45) is 4.95. The first-order chi connectivity index (χ1) is 27.9. The van der Waals surface area contributed by atoms with Gasteiger partial charge in [-0.2, -0.15) is 0 Å². The monoisotopic (exact) mass is 783 g/mol. The van der Waals surface area contributed by atoms with Gasteiger partial charge in [0.2, 0.25) is 0 Å². The lowest BCUT2D eigenvalue weighted by Crippen LogP contribution is -2.51. The second-order valence-electron chi connectivity index (χ2n) is 13.4. The van der Waals surface area contributed by atoms with Gasteiger partial charge in [-0.05, 0) is 73.4 Å². The summed E-state index contributed by atoms with van der Waals surface area (Å²) in [4.78, 5) is 40.4. The van der Waals surface area contributed by atoms with E-state index in [0.29, 0.717) is 113 Å². The molecule has 304 valence electrons. The van der Waals surface area contributed by atoms with Gasteiger partial charge in [-0.15, -0.1) is 5.92 Å². The number of nitrogens with one attached hydrogen (secondary N) is 3. The molecule has 5 rings (SSSR count). The lowest BCUT2D eigenvalue weighted by molar-refractivity contribution is -0.0146. The van der Waals surface area contributed by atoms with Crippen molar-refractivity contribution >= 4 is 23.7 Å². The topological polar surface area (TPSA) is 163 Å². The third-order valence-corrected chi connectivity index (χ3v) is 9.42. The smallest absolute Gasteiger partial charge is 0.251 e. The number of carbonyl (C=O) groups excluding carboxylic acids is 3. The van der Waals surface area contributed by atoms with Crippen LogP contribution in [0, 0.1) is 18.8 Å². The van der Waals surface area contributed by atoms with Crippen molar-refractivity contribution in [2.75, 3.05) is 92.4 Å². The number of allylic oxidation sites excluding steroid dienone is 1. The van der Waals surface area contributed by atoms with Crippen LogP contribution in [0.4, 0.5) is 0 Å². The van der Waals surface area contributed by atoms with E-state index < -0.39 is 0 Å². The number of carbonyl (C=O) groups is 3. The second-order valence-corrected chi connectivity index (χ2v) is 13.4. The molecule has 1 aliphatic heterocycles. The first kappa shape index (κ1) is 43.2. The highest BCUT2D eigenvalue weighted by Crippen LogP contribution is 2.28. The zero-order valence-corrected chi connectivity index (χ0v) is 32.7. The highest BCUT2D eigenvalue weighted by molar-refractivity contribution is 6.12. The van der Waals surface area contributed by atoms with Gasteiger partial charge in [-0.3, -0.25) is 14.4 Å². The largest absolute Gasteiger partial charge is 0.490 e. The normalized spacial score (nSPS) is 15.5. The molecule has 0 unspecified atom stereocenters. The van der Waals surface area contributed by atoms with Crippen molar-refractivity contribution in [1.29, 1.82) is 0 Å². The predicted octanol–water partition coefficient (Wildman–Crippen LogP) is 3.12. The molecule has 13 nitrogen and oxygen atoms in total. The molecule has 0 aromatic heterocycles. The Morgan fingerprint density at radius 2 is 1.26 bits per heavy atom. The number of aliphatic hydroxyl groups is 1. The van der Waals surface area contributed by atoms with Crippen LogP contribution in [0.5, 0.6) is 5.75 Å². The molecule has 57 heavy (non-hydrogen) atoms. The number of fused-ring (bicyclic) bond motifs is 1. The highest BCUT2D eigenvalue weighted by Gasteiger charge is 2.30. The van der Waals surface area contributed by atoms with Crippen molar-refractivity contribution in [2.45, 2.75) is 32.4 Å². The Balaban J connectivity index is 1.06. The molecular weight excluding hydrogens is 730 g/mol. The summed E-state index contributed by atoms with van der Waals surface area (Å²) in [5.41, 5.74) is 5.45. The highest BCUT2D eigenvalue weighted by atomic mass is 16.6. The molecule has 1 saturated heterocycles. The summed E-state index contributed by atoms with van der Waals surface area (Å²) < 4.78 is 33.2. The molecule has 3 aromatic carbocycles. The van der Waals surface area contributed by atoms with E-state index in [4.69, 9.17) is 33.5 Å². The van der Waals surface area contributed by atoms with E-state index in [1.807, 2.05) is 31.2 Å². The number of hydrogen-bond acceptors (Lipinski definition) is 11. The average Bonchev–Trinajstić information content (AvgIpc) is 3.88. The van der Waals surface area contributed by atoms with Crippen molar-refractivity contribution in [3.05, 3.63) is 105 Å². The molecule has 0 spiro atoms. The average molecular weight is 784 g/mol. The van der Waals surface area contributed by atoms with Crippen LogP contribution in [-0.2, 0) is 30.1 Å². The summed E-state index contributed by atoms with van der Waals surface area (Å²) >= 11 is 0. The van der Waals surface area contributed by atoms with Crippen LogP contribution in [0.2, 0.25) is 0 Å². The number of rotatable bonds is 24. The number of amides is 2. The Labute approximate surface area is 334 Å². The minimum absolute atomic E-state index is 0.000927. The SMILES string of the molecule is CC#Cc1ccc(OCCOCCOCCOCCOCCOCCO)c(C(=O)c2ccc(C(=O)N[C@@H]3CNC[C@H]3NC(=O)c3ccc4c(c3)CC=C4)cc2)c1C. The van der Waals surface area contributed by atoms with E-state index in [0.717, 1.165) is 23.1 Å². The summed E-state index contributed by atoms with van der Waals surface area (Å²) in [5, 5.41) is 18.0. The van der Waals surface area contributed by atoms with Crippen LogP contribution >= 0.6 is 0 Å². The van der Waals surface area contributed by atoms with Gasteiger partial charge in [0.05, 0.1) is 90.3 Å². The molecule has 2 amide bonds. The van der Waals surface area contributed by atoms with Crippen LogP contribution in [0.25, 0.3) is 6.08 Å². The Hall–Kier alpha value is -4.91. The lowest BCUT2D eigenvalue weighted by Gasteiger charge is -2.21. The van der Waals surface area contributed by atoms with Crippen molar-refractivity contribution in [3.8, 4) is 17.6 Å². The van der Waals surface area contributed by atoms with Crippen LogP contribution < -0.4 is 20.7 Å². The molecule has 0 radical (unpaired) electrons. The van der Waals surface area contributed by atoms with E-state index >= 15 is 0 Å². The van der Waals surface area contributed by atoms with Gasteiger partial charge >= 0.3 is 0 Å². The molecule has 1 aliphatic carbocycles. The van der Waals surface area contributed by atoms with Crippen molar-refractivity contribution in [2.24, 2.45) is 0 Å². The molecule has 0 saturated carbocycles. The first-order valence-corrected chi connectivity index (χ1v) is 19.3. The van der Waals surface area contributed by atoms with Gasteiger partial charge in [0.1, 0.15) is 12.4 Å². The van der Waals surface area contributed by atoms with E-state index in [1.54, 1.807) is 37.3 Å². The van der Waals surface area contributed by atoms with Gasteiger partial charge in [-0.25, -0.2) is 0 Å². The maximum Gasteiger partial charge on any atom is 0.251 e. The third kappa shape index (κ3) is 13.1. The Bertz CT molecular complexity index is 1890. The van der Waals surface area contributed by atoms with Crippen LogP contribution in [0.3, 0.4) is 0 Å². The van der Waals surface area contributed by atoms with Gasteiger partial charge in [-0.1, -0.05) is 36.3 Å². The Morgan fingerprint density at radius 3 is 1.86 bits per heavy atom. The van der Waals surface area contributed by atoms with E-state index in [-0.39, 0.29) is 42.9 Å². The molecule has 2 aliphatic rings. The summed E-state index contributed by atoms with van der Waals surface area (Å²) in [6, 6.07) is 15.2. The van der Waals surface area contributed by atoms with Gasteiger partial charge < -0.3 is 49.5 Å². The Kier molecular flexibility index (Phi) is 17.7. The van der Waals surface area contributed by atoms with Gasteiger partial charge in [0, 0.05) is 35.3 Å². The minimum Gasteiger partial charge on any atom is -0.490 e. The lowest BCUT2D eigenvalue weighted by atomic mass is 9.94.